The maximum absolute atomic E-state index is 5.35. The Hall–Kier alpha value is -0.870. The lowest BCUT2D eigenvalue weighted by molar-refractivity contribution is 0.0989. The van der Waals surface area contributed by atoms with E-state index in [-0.39, 0.29) is 6.10 Å². The standard InChI is InChI=1S/C14H27N3O/c1-7-12-14(11(4)15-5)13(8-2)17(16-12)9-10(3)18-6/h10-11,15H,7-9H2,1-6H3. The van der Waals surface area contributed by atoms with Gasteiger partial charge >= 0.3 is 0 Å². The summed E-state index contributed by atoms with van der Waals surface area (Å²) in [7, 11) is 3.75. The van der Waals surface area contributed by atoms with E-state index in [0.717, 1.165) is 19.4 Å². The third-order valence-corrected chi connectivity index (χ3v) is 3.54. The van der Waals surface area contributed by atoms with Crippen LogP contribution in [0.1, 0.15) is 50.7 Å². The van der Waals surface area contributed by atoms with Gasteiger partial charge in [-0.2, -0.15) is 5.10 Å². The Morgan fingerprint density at radius 3 is 2.39 bits per heavy atom. The van der Waals surface area contributed by atoms with Crippen LogP contribution in [0.4, 0.5) is 0 Å². The lowest BCUT2D eigenvalue weighted by Crippen LogP contribution is -2.19. The van der Waals surface area contributed by atoms with Gasteiger partial charge in [-0.05, 0) is 33.7 Å². The molecule has 4 heteroatoms. The molecule has 0 aliphatic carbocycles. The quantitative estimate of drug-likeness (QED) is 0.810. The van der Waals surface area contributed by atoms with Crippen LogP contribution in [0.5, 0.6) is 0 Å². The van der Waals surface area contributed by atoms with Gasteiger partial charge in [0.2, 0.25) is 0 Å². The molecule has 0 saturated carbocycles. The van der Waals surface area contributed by atoms with Crippen molar-refractivity contribution < 1.29 is 4.74 Å². The van der Waals surface area contributed by atoms with E-state index in [1.165, 1.54) is 17.0 Å². The molecule has 2 atom stereocenters. The molecule has 1 N–H and O–H groups in total. The Morgan fingerprint density at radius 2 is 1.94 bits per heavy atom. The van der Waals surface area contributed by atoms with Crippen LogP contribution < -0.4 is 5.32 Å². The molecule has 104 valence electrons. The molecule has 0 spiro atoms. The first-order valence-corrected chi connectivity index (χ1v) is 6.87. The van der Waals surface area contributed by atoms with Gasteiger partial charge in [-0.25, -0.2) is 0 Å². The Bertz CT molecular complexity index is 373. The van der Waals surface area contributed by atoms with Crippen molar-refractivity contribution >= 4 is 0 Å². The maximum Gasteiger partial charge on any atom is 0.0739 e. The monoisotopic (exact) mass is 253 g/mol. The predicted octanol–water partition coefficient (Wildman–Crippen LogP) is 2.32. The van der Waals surface area contributed by atoms with Crippen molar-refractivity contribution in [3.8, 4) is 0 Å². The van der Waals surface area contributed by atoms with Crippen LogP contribution in [0.15, 0.2) is 0 Å². The van der Waals surface area contributed by atoms with Crippen molar-refractivity contribution in [1.82, 2.24) is 15.1 Å². The Morgan fingerprint density at radius 1 is 1.28 bits per heavy atom. The number of hydrogen-bond acceptors (Lipinski definition) is 3. The summed E-state index contributed by atoms with van der Waals surface area (Å²) in [6.07, 6.45) is 2.17. The second-order valence-corrected chi connectivity index (χ2v) is 4.75. The van der Waals surface area contributed by atoms with E-state index in [0.29, 0.717) is 6.04 Å². The molecular weight excluding hydrogens is 226 g/mol. The van der Waals surface area contributed by atoms with Crippen molar-refractivity contribution in [1.29, 1.82) is 0 Å². The van der Waals surface area contributed by atoms with Gasteiger partial charge in [0, 0.05) is 24.4 Å². The zero-order valence-electron chi connectivity index (χ0n) is 12.6. The molecule has 0 saturated heterocycles. The lowest BCUT2D eigenvalue weighted by atomic mass is 10.0. The van der Waals surface area contributed by atoms with E-state index in [4.69, 9.17) is 9.84 Å². The minimum Gasteiger partial charge on any atom is -0.380 e. The molecule has 0 aliphatic rings. The first-order chi connectivity index (χ1) is 8.58. The second-order valence-electron chi connectivity index (χ2n) is 4.75. The molecular formula is C14H27N3O. The second kappa shape index (κ2) is 6.90. The minimum atomic E-state index is 0.192. The SMILES string of the molecule is CCc1nn(CC(C)OC)c(CC)c1C(C)NC. The largest absolute Gasteiger partial charge is 0.380 e. The molecule has 2 unspecified atom stereocenters. The van der Waals surface area contributed by atoms with Crippen LogP contribution in [0.25, 0.3) is 0 Å². The number of aromatic nitrogens is 2. The normalized spacial score (nSPS) is 14.8. The summed E-state index contributed by atoms with van der Waals surface area (Å²) in [4.78, 5) is 0. The average molecular weight is 253 g/mol. The van der Waals surface area contributed by atoms with Crippen molar-refractivity contribution in [3.05, 3.63) is 17.0 Å². The molecule has 1 heterocycles. The summed E-state index contributed by atoms with van der Waals surface area (Å²) < 4.78 is 7.47. The molecule has 1 rings (SSSR count). The molecule has 1 aromatic rings. The topological polar surface area (TPSA) is 39.1 Å². The van der Waals surface area contributed by atoms with Crippen LogP contribution in [-0.4, -0.2) is 30.0 Å². The fourth-order valence-electron chi connectivity index (χ4n) is 2.31. The van der Waals surface area contributed by atoms with Gasteiger partial charge in [0.1, 0.15) is 0 Å². The van der Waals surface area contributed by atoms with E-state index in [2.05, 4.69) is 37.7 Å². The van der Waals surface area contributed by atoms with Gasteiger partial charge in [-0.1, -0.05) is 13.8 Å². The van der Waals surface area contributed by atoms with E-state index in [1.807, 2.05) is 7.05 Å². The Kier molecular flexibility index (Phi) is 5.82. The van der Waals surface area contributed by atoms with Crippen molar-refractivity contribution in [2.75, 3.05) is 14.2 Å². The summed E-state index contributed by atoms with van der Waals surface area (Å²) in [6.45, 7) is 9.45. The maximum atomic E-state index is 5.35. The molecule has 0 aromatic carbocycles. The number of rotatable bonds is 7. The minimum absolute atomic E-state index is 0.192. The van der Waals surface area contributed by atoms with Crippen LogP contribution in [0.3, 0.4) is 0 Å². The molecule has 0 amide bonds. The number of methoxy groups -OCH3 is 1. The summed E-state index contributed by atoms with van der Waals surface area (Å²) in [5, 5.41) is 8.08. The smallest absolute Gasteiger partial charge is 0.0739 e. The fraction of sp³-hybridized carbons (Fsp3) is 0.786. The van der Waals surface area contributed by atoms with E-state index in [1.54, 1.807) is 7.11 Å². The van der Waals surface area contributed by atoms with Gasteiger partial charge in [0.15, 0.2) is 0 Å². The highest BCUT2D eigenvalue weighted by atomic mass is 16.5. The summed E-state index contributed by atoms with van der Waals surface area (Å²) in [6, 6.07) is 0.349. The van der Waals surface area contributed by atoms with Crippen LogP contribution in [-0.2, 0) is 24.1 Å². The number of nitrogens with zero attached hydrogens (tertiary/aromatic N) is 2. The first kappa shape index (κ1) is 15.2. The van der Waals surface area contributed by atoms with Gasteiger partial charge in [-0.15, -0.1) is 0 Å². The van der Waals surface area contributed by atoms with Crippen molar-refractivity contribution in [2.45, 2.75) is 59.2 Å². The Labute approximate surface area is 111 Å². The molecule has 1 aromatic heterocycles. The van der Waals surface area contributed by atoms with E-state index < -0.39 is 0 Å². The van der Waals surface area contributed by atoms with Gasteiger partial charge < -0.3 is 10.1 Å². The summed E-state index contributed by atoms with van der Waals surface area (Å²) in [5.74, 6) is 0. The fourth-order valence-corrected chi connectivity index (χ4v) is 2.31. The van der Waals surface area contributed by atoms with Crippen LogP contribution in [0.2, 0.25) is 0 Å². The van der Waals surface area contributed by atoms with Crippen molar-refractivity contribution in [3.63, 3.8) is 0 Å². The zero-order valence-corrected chi connectivity index (χ0v) is 12.6. The molecule has 0 bridgehead atoms. The number of hydrogen-bond donors (Lipinski definition) is 1. The molecule has 0 fully saturated rings. The van der Waals surface area contributed by atoms with E-state index >= 15 is 0 Å². The van der Waals surface area contributed by atoms with Gasteiger partial charge in [0.05, 0.1) is 18.3 Å². The lowest BCUT2D eigenvalue weighted by Gasteiger charge is -2.15. The van der Waals surface area contributed by atoms with Crippen LogP contribution in [0, 0.1) is 0 Å². The molecule has 0 radical (unpaired) electrons. The van der Waals surface area contributed by atoms with Gasteiger partial charge in [-0.3, -0.25) is 4.68 Å². The highest BCUT2D eigenvalue weighted by Crippen LogP contribution is 2.23. The number of nitrogens with one attached hydrogen (secondary N) is 1. The Balaban J connectivity index is 3.15. The zero-order chi connectivity index (χ0) is 13.7. The first-order valence-electron chi connectivity index (χ1n) is 6.87. The summed E-state index contributed by atoms with van der Waals surface area (Å²) >= 11 is 0. The average Bonchev–Trinajstić information content (AvgIpc) is 2.74. The van der Waals surface area contributed by atoms with Crippen molar-refractivity contribution in [2.24, 2.45) is 0 Å². The molecule has 4 nitrogen and oxygen atoms in total. The van der Waals surface area contributed by atoms with E-state index in [9.17, 15) is 0 Å². The van der Waals surface area contributed by atoms with Crippen LogP contribution >= 0.6 is 0 Å². The van der Waals surface area contributed by atoms with Gasteiger partial charge in [0.25, 0.3) is 0 Å². The summed E-state index contributed by atoms with van der Waals surface area (Å²) in [5.41, 5.74) is 3.90. The number of aryl methyl sites for hydroxylation is 1. The third-order valence-electron chi connectivity index (χ3n) is 3.54. The highest BCUT2D eigenvalue weighted by molar-refractivity contribution is 5.30. The third kappa shape index (κ3) is 3.12. The molecule has 18 heavy (non-hydrogen) atoms. The molecule has 0 aliphatic heterocycles. The predicted molar refractivity (Wildman–Crippen MR) is 74.9 cm³/mol. The highest BCUT2D eigenvalue weighted by Gasteiger charge is 2.20. The number of ether oxygens (including phenoxy) is 1.